The van der Waals surface area contributed by atoms with Gasteiger partial charge in [-0.05, 0) is 54.2 Å². The Bertz CT molecular complexity index is 753. The Labute approximate surface area is 147 Å². The third-order valence-electron chi connectivity index (χ3n) is 2.76. The minimum Gasteiger partial charge on any atom is -0.331 e. The van der Waals surface area contributed by atoms with Crippen molar-refractivity contribution in [3.05, 3.63) is 59.7 Å². The third-order valence-corrected chi connectivity index (χ3v) is 3.67. The summed E-state index contributed by atoms with van der Waals surface area (Å²) in [7, 11) is 0. The molecule has 2 aromatic rings. The van der Waals surface area contributed by atoms with Crippen LogP contribution in [0.1, 0.15) is 11.1 Å². The Morgan fingerprint density at radius 2 is 1.83 bits per heavy atom. The molecule has 8 heteroatoms. The summed E-state index contributed by atoms with van der Waals surface area (Å²) in [5.41, 5.74) is 4.71. The van der Waals surface area contributed by atoms with Gasteiger partial charge in [0.1, 0.15) is 0 Å². The minimum absolute atomic E-state index is 0.272. The van der Waals surface area contributed by atoms with Gasteiger partial charge in [0.05, 0.1) is 17.8 Å². The molecule has 2 N–H and O–H groups in total. The lowest BCUT2D eigenvalue weighted by atomic mass is 10.2. The molecular formula is C16H12F2N4S2. The molecule has 0 saturated carbocycles. The summed E-state index contributed by atoms with van der Waals surface area (Å²) in [6.07, 6.45) is 1.57. The molecule has 0 atom stereocenters. The Kier molecular flexibility index (Phi) is 6.66. The molecule has 0 amide bonds. The summed E-state index contributed by atoms with van der Waals surface area (Å²) in [6.45, 7) is 0. The number of rotatable bonds is 5. The molecule has 122 valence electrons. The average Bonchev–Trinajstić information content (AvgIpc) is 2.57. The standard InChI is InChI=1S/C16H12F2N4S2/c17-15(18)24-14-7-5-13(6-8-14)21-16(23)22-20-10-12-3-1-11(9-19)2-4-12/h1-8,10,15H,(H2,21,22,23)/b20-10-. The highest BCUT2D eigenvalue weighted by Gasteiger charge is 2.05. The zero-order chi connectivity index (χ0) is 17.4. The van der Waals surface area contributed by atoms with E-state index in [0.717, 1.165) is 5.56 Å². The number of halogens is 2. The lowest BCUT2D eigenvalue weighted by Crippen LogP contribution is -2.23. The monoisotopic (exact) mass is 362 g/mol. The summed E-state index contributed by atoms with van der Waals surface area (Å²) in [5.74, 6) is -2.44. The summed E-state index contributed by atoms with van der Waals surface area (Å²) in [4.78, 5) is 0.480. The number of benzene rings is 2. The number of hydrogen-bond acceptors (Lipinski definition) is 4. The second kappa shape index (κ2) is 8.96. The lowest BCUT2D eigenvalue weighted by molar-refractivity contribution is 0.252. The van der Waals surface area contributed by atoms with Crippen LogP contribution in [0.2, 0.25) is 0 Å². The molecule has 24 heavy (non-hydrogen) atoms. The van der Waals surface area contributed by atoms with Gasteiger partial charge in [-0.2, -0.15) is 19.1 Å². The topological polar surface area (TPSA) is 60.2 Å². The molecule has 0 bridgehead atoms. The van der Waals surface area contributed by atoms with Crippen LogP contribution >= 0.6 is 24.0 Å². The fourth-order valence-corrected chi connectivity index (χ4v) is 2.36. The molecule has 0 radical (unpaired) electrons. The maximum absolute atomic E-state index is 12.2. The first-order valence-electron chi connectivity index (χ1n) is 6.72. The molecule has 0 heterocycles. The molecule has 0 fully saturated rings. The Balaban J connectivity index is 1.84. The van der Waals surface area contributed by atoms with Crippen molar-refractivity contribution < 1.29 is 8.78 Å². The first kappa shape index (κ1) is 17.8. The summed E-state index contributed by atoms with van der Waals surface area (Å²) >= 11 is 5.58. The first-order valence-corrected chi connectivity index (χ1v) is 8.01. The number of anilines is 1. The zero-order valence-electron chi connectivity index (χ0n) is 12.2. The van der Waals surface area contributed by atoms with Crippen molar-refractivity contribution in [3.63, 3.8) is 0 Å². The molecule has 2 aromatic carbocycles. The quantitative estimate of drug-likeness (QED) is 0.361. The van der Waals surface area contributed by atoms with Crippen LogP contribution in [0.15, 0.2) is 58.5 Å². The largest absolute Gasteiger partial charge is 0.331 e. The zero-order valence-corrected chi connectivity index (χ0v) is 13.9. The fourth-order valence-electron chi connectivity index (χ4n) is 1.69. The Hall–Kier alpha value is -2.50. The van der Waals surface area contributed by atoms with E-state index < -0.39 is 5.76 Å². The van der Waals surface area contributed by atoms with Crippen molar-refractivity contribution in [1.29, 1.82) is 5.26 Å². The maximum atomic E-state index is 12.2. The van der Waals surface area contributed by atoms with Crippen LogP contribution in [-0.4, -0.2) is 17.1 Å². The van der Waals surface area contributed by atoms with Crippen LogP contribution < -0.4 is 10.7 Å². The van der Waals surface area contributed by atoms with Gasteiger partial charge in [0.15, 0.2) is 5.11 Å². The van der Waals surface area contributed by atoms with E-state index in [9.17, 15) is 8.78 Å². The third kappa shape index (κ3) is 5.95. The molecule has 2 rings (SSSR count). The number of nitrogens with one attached hydrogen (secondary N) is 2. The summed E-state index contributed by atoms with van der Waals surface area (Å²) in [5, 5.41) is 15.9. The number of thiocarbonyl (C=S) groups is 1. The molecule has 0 aliphatic carbocycles. The molecule has 0 aromatic heterocycles. The number of hydrogen-bond donors (Lipinski definition) is 2. The first-order chi connectivity index (χ1) is 11.6. The van der Waals surface area contributed by atoms with Gasteiger partial charge in [0, 0.05) is 10.6 Å². The number of nitriles is 1. The van der Waals surface area contributed by atoms with Crippen LogP contribution in [0.4, 0.5) is 14.5 Å². The van der Waals surface area contributed by atoms with Crippen LogP contribution in [0.25, 0.3) is 0 Å². The number of thioether (sulfide) groups is 1. The van der Waals surface area contributed by atoms with E-state index >= 15 is 0 Å². The second-order valence-corrected chi connectivity index (χ2v) is 5.93. The van der Waals surface area contributed by atoms with Gasteiger partial charge in [-0.25, -0.2) is 0 Å². The molecule has 0 saturated heterocycles. The highest BCUT2D eigenvalue weighted by atomic mass is 32.2. The lowest BCUT2D eigenvalue weighted by Gasteiger charge is -2.07. The minimum atomic E-state index is -2.44. The van der Waals surface area contributed by atoms with E-state index in [1.54, 1.807) is 54.7 Å². The van der Waals surface area contributed by atoms with Crippen LogP contribution in [-0.2, 0) is 0 Å². The molecule has 0 spiro atoms. The van der Waals surface area contributed by atoms with Crippen molar-refractivity contribution in [3.8, 4) is 6.07 Å². The van der Waals surface area contributed by atoms with E-state index in [-0.39, 0.29) is 5.11 Å². The van der Waals surface area contributed by atoms with E-state index in [1.807, 2.05) is 6.07 Å². The van der Waals surface area contributed by atoms with E-state index in [1.165, 1.54) is 0 Å². The highest BCUT2D eigenvalue weighted by molar-refractivity contribution is 7.99. The van der Waals surface area contributed by atoms with E-state index in [2.05, 4.69) is 15.8 Å². The van der Waals surface area contributed by atoms with Crippen molar-refractivity contribution in [2.75, 3.05) is 5.32 Å². The van der Waals surface area contributed by atoms with Gasteiger partial charge in [0.2, 0.25) is 0 Å². The van der Waals surface area contributed by atoms with Crippen LogP contribution in [0, 0.1) is 11.3 Å². The molecule has 0 aliphatic rings. The molecule has 0 unspecified atom stereocenters. The SMILES string of the molecule is N#Cc1ccc(/C=N\NC(=S)Nc2ccc(SC(F)F)cc2)cc1. The highest BCUT2D eigenvalue weighted by Crippen LogP contribution is 2.26. The van der Waals surface area contributed by atoms with Gasteiger partial charge >= 0.3 is 0 Å². The van der Waals surface area contributed by atoms with Crippen LogP contribution in [0.3, 0.4) is 0 Å². The fraction of sp³-hybridized carbons (Fsp3) is 0.0625. The van der Waals surface area contributed by atoms with Gasteiger partial charge in [-0.3, -0.25) is 5.43 Å². The molecular weight excluding hydrogens is 350 g/mol. The van der Waals surface area contributed by atoms with E-state index in [0.29, 0.717) is 27.9 Å². The Morgan fingerprint density at radius 3 is 2.42 bits per heavy atom. The van der Waals surface area contributed by atoms with Gasteiger partial charge < -0.3 is 5.32 Å². The number of nitrogens with zero attached hydrogens (tertiary/aromatic N) is 2. The van der Waals surface area contributed by atoms with Crippen molar-refractivity contribution >= 4 is 41.0 Å². The smallest absolute Gasteiger partial charge is 0.288 e. The predicted molar refractivity (Wildman–Crippen MR) is 96.4 cm³/mol. The summed E-state index contributed by atoms with van der Waals surface area (Å²) < 4.78 is 24.5. The van der Waals surface area contributed by atoms with Gasteiger partial charge in [0.25, 0.3) is 5.76 Å². The van der Waals surface area contributed by atoms with Crippen molar-refractivity contribution in [2.45, 2.75) is 10.7 Å². The van der Waals surface area contributed by atoms with Crippen LogP contribution in [0.5, 0.6) is 0 Å². The van der Waals surface area contributed by atoms with Crippen molar-refractivity contribution in [1.82, 2.24) is 5.43 Å². The predicted octanol–water partition coefficient (Wildman–Crippen LogP) is 4.19. The summed E-state index contributed by atoms with van der Waals surface area (Å²) in [6, 6.07) is 15.4. The van der Waals surface area contributed by atoms with Crippen molar-refractivity contribution in [2.24, 2.45) is 5.10 Å². The molecule has 4 nitrogen and oxygen atoms in total. The Morgan fingerprint density at radius 1 is 1.17 bits per heavy atom. The maximum Gasteiger partial charge on any atom is 0.288 e. The van der Waals surface area contributed by atoms with E-state index in [4.69, 9.17) is 17.5 Å². The number of hydrazone groups is 1. The van der Waals surface area contributed by atoms with Gasteiger partial charge in [-0.15, -0.1) is 0 Å². The molecule has 0 aliphatic heterocycles. The number of alkyl halides is 2. The normalized spacial score (nSPS) is 10.6. The average molecular weight is 362 g/mol. The second-order valence-electron chi connectivity index (χ2n) is 4.46. The van der Waals surface area contributed by atoms with Gasteiger partial charge in [-0.1, -0.05) is 23.9 Å².